The fraction of sp³-hybridized carbons (Fsp3) is 0.562. The number of hydrogen-bond acceptors (Lipinski definition) is 6. The van der Waals surface area contributed by atoms with Crippen molar-refractivity contribution in [2.75, 3.05) is 26.2 Å². The number of nitrogens with one attached hydrogen (secondary N) is 1. The van der Waals surface area contributed by atoms with Gasteiger partial charge in [0.15, 0.2) is 0 Å². The van der Waals surface area contributed by atoms with Crippen molar-refractivity contribution in [1.82, 2.24) is 9.62 Å². The van der Waals surface area contributed by atoms with Crippen LogP contribution in [0.2, 0.25) is 0 Å². The molecule has 26 heavy (non-hydrogen) atoms. The van der Waals surface area contributed by atoms with Gasteiger partial charge < -0.3 is 11.1 Å². The molecule has 0 spiro atoms. The maximum Gasteiger partial charge on any atom is 0.270 e. The average molecular weight is 384 g/mol. The second-order valence-electron chi connectivity index (χ2n) is 6.45. The number of nitrogens with two attached hydrogens (primary N) is 1. The number of sulfonamides is 1. The van der Waals surface area contributed by atoms with Gasteiger partial charge in [-0.15, -0.1) is 0 Å². The Hall–Kier alpha value is -2.04. The van der Waals surface area contributed by atoms with Crippen LogP contribution in [-0.2, 0) is 14.8 Å². The van der Waals surface area contributed by atoms with Crippen LogP contribution < -0.4 is 11.1 Å². The normalized spacial score (nSPS) is 18.5. The number of carbonyl (C=O) groups is 1. The highest BCUT2D eigenvalue weighted by Gasteiger charge is 2.35. The predicted molar refractivity (Wildman–Crippen MR) is 96.1 cm³/mol. The third kappa shape index (κ3) is 4.19. The van der Waals surface area contributed by atoms with Crippen LogP contribution in [0.25, 0.3) is 0 Å². The predicted octanol–water partition coefficient (Wildman–Crippen LogP) is 0.687. The Labute approximate surface area is 152 Å². The minimum absolute atomic E-state index is 0.0751. The minimum Gasteiger partial charge on any atom is -0.355 e. The molecule has 2 rings (SSSR count). The van der Waals surface area contributed by atoms with E-state index in [0.717, 1.165) is 0 Å². The lowest BCUT2D eigenvalue weighted by molar-refractivity contribution is -0.385. The van der Waals surface area contributed by atoms with Crippen molar-refractivity contribution >= 4 is 21.6 Å². The van der Waals surface area contributed by atoms with Crippen molar-refractivity contribution in [2.45, 2.75) is 31.6 Å². The van der Waals surface area contributed by atoms with E-state index >= 15 is 0 Å². The molecule has 0 saturated carbocycles. The lowest BCUT2D eigenvalue weighted by Crippen LogP contribution is -2.46. The largest absolute Gasteiger partial charge is 0.355 e. The second kappa shape index (κ2) is 8.11. The van der Waals surface area contributed by atoms with Crippen LogP contribution in [0.4, 0.5) is 5.69 Å². The van der Waals surface area contributed by atoms with Gasteiger partial charge in [0.1, 0.15) is 0 Å². The monoisotopic (exact) mass is 384 g/mol. The molecule has 3 N–H and O–H groups in total. The molecule has 1 fully saturated rings. The summed E-state index contributed by atoms with van der Waals surface area (Å²) in [4.78, 5) is 22.6. The van der Waals surface area contributed by atoms with Gasteiger partial charge in [0.05, 0.1) is 15.7 Å². The van der Waals surface area contributed by atoms with Crippen LogP contribution in [0.5, 0.6) is 0 Å². The van der Waals surface area contributed by atoms with Gasteiger partial charge in [-0.25, -0.2) is 8.42 Å². The first kappa shape index (κ1) is 20.3. The number of benzene rings is 1. The average Bonchev–Trinajstić information content (AvgIpc) is 2.58. The van der Waals surface area contributed by atoms with Crippen LogP contribution in [0.1, 0.15) is 24.0 Å². The molecule has 1 unspecified atom stereocenters. The number of carbonyl (C=O) groups excluding carboxylic acids is 1. The molecule has 1 saturated heterocycles. The van der Waals surface area contributed by atoms with E-state index in [-0.39, 0.29) is 23.0 Å². The van der Waals surface area contributed by atoms with E-state index in [4.69, 9.17) is 5.73 Å². The number of nitro benzene ring substituents is 1. The Morgan fingerprint density at radius 3 is 2.54 bits per heavy atom. The number of hydrogen-bond donors (Lipinski definition) is 2. The summed E-state index contributed by atoms with van der Waals surface area (Å²) in [5.74, 6) is -0.628. The van der Waals surface area contributed by atoms with Gasteiger partial charge in [-0.2, -0.15) is 4.31 Å². The van der Waals surface area contributed by atoms with E-state index in [2.05, 4.69) is 5.32 Å². The van der Waals surface area contributed by atoms with Crippen LogP contribution in [0.15, 0.2) is 17.0 Å². The summed E-state index contributed by atoms with van der Waals surface area (Å²) < 4.78 is 27.5. The van der Waals surface area contributed by atoms with Gasteiger partial charge in [0.25, 0.3) is 5.69 Å². The van der Waals surface area contributed by atoms with Crippen LogP contribution in [-0.4, -0.2) is 49.7 Å². The van der Waals surface area contributed by atoms with E-state index in [1.165, 1.54) is 16.4 Å². The lowest BCUT2D eigenvalue weighted by Gasteiger charge is -2.32. The standard InChI is InChI=1S/C16H24N4O5S/c1-11-8-14(20(22)23)9-12(2)15(11)26(24,25)19-7-3-4-13(10-19)16(21)18-6-5-17/h8-9,13H,3-7,10,17H2,1-2H3,(H,18,21). The molecule has 9 nitrogen and oxygen atoms in total. The Bertz CT molecular complexity index is 786. The first-order valence-electron chi connectivity index (χ1n) is 8.42. The molecule has 1 aromatic carbocycles. The highest BCUT2D eigenvalue weighted by atomic mass is 32.2. The van der Waals surface area contributed by atoms with Crippen molar-refractivity contribution < 1.29 is 18.1 Å². The SMILES string of the molecule is Cc1cc([N+](=O)[O-])cc(C)c1S(=O)(=O)N1CCCC(C(=O)NCCN)C1. The molecular weight excluding hydrogens is 360 g/mol. The van der Waals surface area contributed by atoms with Crippen molar-refractivity contribution in [2.24, 2.45) is 11.7 Å². The van der Waals surface area contributed by atoms with E-state index in [1.807, 2.05) is 0 Å². The number of amides is 1. The summed E-state index contributed by atoms with van der Waals surface area (Å²) in [6.07, 6.45) is 1.19. The Morgan fingerprint density at radius 1 is 1.38 bits per heavy atom. The van der Waals surface area contributed by atoms with Crippen molar-refractivity contribution in [3.05, 3.63) is 33.4 Å². The van der Waals surface area contributed by atoms with Crippen LogP contribution in [0.3, 0.4) is 0 Å². The lowest BCUT2D eigenvalue weighted by atomic mass is 9.99. The van der Waals surface area contributed by atoms with Crippen molar-refractivity contribution in [3.8, 4) is 0 Å². The summed E-state index contributed by atoms with van der Waals surface area (Å²) in [5, 5.41) is 13.7. The maximum atomic E-state index is 13.1. The first-order chi connectivity index (χ1) is 12.2. The Balaban J connectivity index is 2.30. The molecule has 144 valence electrons. The topological polar surface area (TPSA) is 136 Å². The third-order valence-corrected chi connectivity index (χ3v) is 6.62. The molecule has 10 heteroatoms. The zero-order valence-corrected chi connectivity index (χ0v) is 15.7. The molecular formula is C16H24N4O5S. The quantitative estimate of drug-likeness (QED) is 0.547. The fourth-order valence-electron chi connectivity index (χ4n) is 3.28. The maximum absolute atomic E-state index is 13.1. The zero-order chi connectivity index (χ0) is 19.5. The van der Waals surface area contributed by atoms with E-state index in [1.54, 1.807) is 13.8 Å². The number of non-ortho nitro benzene ring substituents is 1. The number of rotatable bonds is 6. The minimum atomic E-state index is -3.85. The zero-order valence-electron chi connectivity index (χ0n) is 14.9. The highest BCUT2D eigenvalue weighted by Crippen LogP contribution is 2.30. The summed E-state index contributed by atoms with van der Waals surface area (Å²) in [7, 11) is -3.85. The summed E-state index contributed by atoms with van der Waals surface area (Å²) in [6, 6.07) is 2.52. The molecule has 1 heterocycles. The summed E-state index contributed by atoms with van der Waals surface area (Å²) >= 11 is 0. The van der Waals surface area contributed by atoms with Crippen LogP contribution >= 0.6 is 0 Å². The van der Waals surface area contributed by atoms with Crippen LogP contribution in [0, 0.1) is 29.9 Å². The fourth-order valence-corrected chi connectivity index (χ4v) is 5.22. The second-order valence-corrected chi connectivity index (χ2v) is 8.32. The summed E-state index contributed by atoms with van der Waals surface area (Å²) in [6.45, 7) is 4.17. The van der Waals surface area contributed by atoms with Crippen molar-refractivity contribution in [1.29, 1.82) is 0 Å². The molecule has 0 aliphatic carbocycles. The van der Waals surface area contributed by atoms with E-state index < -0.39 is 20.9 Å². The van der Waals surface area contributed by atoms with Gasteiger partial charge in [0.2, 0.25) is 15.9 Å². The number of aryl methyl sites for hydroxylation is 2. The number of piperidine rings is 1. The molecule has 0 aromatic heterocycles. The molecule has 0 radical (unpaired) electrons. The smallest absolute Gasteiger partial charge is 0.270 e. The van der Waals surface area contributed by atoms with Crippen molar-refractivity contribution in [3.63, 3.8) is 0 Å². The molecule has 1 aliphatic heterocycles. The van der Waals surface area contributed by atoms with Gasteiger partial charge in [-0.05, 0) is 37.8 Å². The Kier molecular flexibility index (Phi) is 6.32. The van der Waals surface area contributed by atoms with E-state index in [0.29, 0.717) is 43.6 Å². The number of nitrogens with zero attached hydrogens (tertiary/aromatic N) is 2. The molecule has 1 aliphatic rings. The first-order valence-corrected chi connectivity index (χ1v) is 9.86. The van der Waals surface area contributed by atoms with Gasteiger partial charge >= 0.3 is 0 Å². The Morgan fingerprint density at radius 2 is 2.00 bits per heavy atom. The van der Waals surface area contributed by atoms with Gasteiger partial charge in [-0.3, -0.25) is 14.9 Å². The molecule has 1 amide bonds. The molecule has 0 bridgehead atoms. The van der Waals surface area contributed by atoms with Gasteiger partial charge in [0, 0.05) is 38.3 Å². The van der Waals surface area contributed by atoms with Gasteiger partial charge in [-0.1, -0.05) is 0 Å². The highest BCUT2D eigenvalue weighted by molar-refractivity contribution is 7.89. The molecule has 1 atom stereocenters. The third-order valence-electron chi connectivity index (χ3n) is 4.45. The van der Waals surface area contributed by atoms with E-state index in [9.17, 15) is 23.3 Å². The molecule has 1 aromatic rings. The summed E-state index contributed by atoms with van der Waals surface area (Å²) in [5.41, 5.74) is 5.89. The number of nitro groups is 1.